The Morgan fingerprint density at radius 2 is 1.60 bits per heavy atom. The third-order valence-electron chi connectivity index (χ3n) is 5.72. The number of nitrogens with zero attached hydrogens (tertiary/aromatic N) is 5. The molecule has 2 aromatic rings. The van der Waals surface area contributed by atoms with E-state index in [1.807, 2.05) is 13.0 Å². The van der Waals surface area contributed by atoms with Gasteiger partial charge in [0.15, 0.2) is 0 Å². The van der Waals surface area contributed by atoms with Crippen molar-refractivity contribution in [2.75, 3.05) is 56.2 Å². The number of benzene rings is 1. The van der Waals surface area contributed by atoms with Crippen molar-refractivity contribution in [1.82, 2.24) is 14.3 Å². The van der Waals surface area contributed by atoms with Crippen LogP contribution in [0.15, 0.2) is 35.2 Å². The number of sulfonamides is 1. The molecule has 0 radical (unpaired) electrons. The molecule has 4 rings (SSSR count). The lowest BCUT2D eigenvalue weighted by Gasteiger charge is -2.35. The minimum Gasteiger partial charge on any atom is -0.495 e. The lowest BCUT2D eigenvalue weighted by Crippen LogP contribution is -2.49. The van der Waals surface area contributed by atoms with Gasteiger partial charge in [-0.25, -0.2) is 13.4 Å². The van der Waals surface area contributed by atoms with Crippen molar-refractivity contribution in [3.8, 4) is 5.75 Å². The summed E-state index contributed by atoms with van der Waals surface area (Å²) in [5, 5.41) is 0. The van der Waals surface area contributed by atoms with E-state index in [-0.39, 0.29) is 4.90 Å². The average molecular weight is 432 g/mol. The summed E-state index contributed by atoms with van der Waals surface area (Å²) in [7, 11) is -2.12. The lowest BCUT2D eigenvalue weighted by molar-refractivity contribution is 0.372. The van der Waals surface area contributed by atoms with Gasteiger partial charge in [0.25, 0.3) is 0 Å². The first kappa shape index (κ1) is 20.9. The SMILES string of the molecule is COc1ccccc1S(=O)(=O)N1CCN(c2nc(C)cc(N3CCCCC3)n2)CC1. The molecule has 0 spiro atoms. The Balaban J connectivity index is 1.49. The van der Waals surface area contributed by atoms with Crippen LogP contribution in [0.4, 0.5) is 11.8 Å². The number of hydrogen-bond acceptors (Lipinski definition) is 7. The molecule has 2 aliphatic rings. The van der Waals surface area contributed by atoms with Gasteiger partial charge in [-0.3, -0.25) is 0 Å². The van der Waals surface area contributed by atoms with Gasteiger partial charge in [-0.2, -0.15) is 9.29 Å². The van der Waals surface area contributed by atoms with Gasteiger partial charge in [0.2, 0.25) is 16.0 Å². The second-order valence-electron chi connectivity index (χ2n) is 7.76. The lowest BCUT2D eigenvalue weighted by atomic mass is 10.1. The number of methoxy groups -OCH3 is 1. The second-order valence-corrected chi connectivity index (χ2v) is 9.66. The fourth-order valence-corrected chi connectivity index (χ4v) is 5.64. The van der Waals surface area contributed by atoms with Gasteiger partial charge in [0.05, 0.1) is 7.11 Å². The van der Waals surface area contributed by atoms with E-state index in [2.05, 4.69) is 14.8 Å². The monoisotopic (exact) mass is 431 g/mol. The third kappa shape index (κ3) is 4.22. The van der Waals surface area contributed by atoms with Crippen LogP contribution < -0.4 is 14.5 Å². The first-order valence-corrected chi connectivity index (χ1v) is 11.9. The summed E-state index contributed by atoms with van der Waals surface area (Å²) in [4.78, 5) is 14.0. The van der Waals surface area contributed by atoms with Crippen molar-refractivity contribution in [3.63, 3.8) is 0 Å². The maximum atomic E-state index is 13.1. The van der Waals surface area contributed by atoms with Crippen molar-refractivity contribution >= 4 is 21.8 Å². The molecule has 0 bridgehead atoms. The summed E-state index contributed by atoms with van der Waals surface area (Å²) >= 11 is 0. The fraction of sp³-hybridized carbons (Fsp3) is 0.524. The zero-order chi connectivity index (χ0) is 21.1. The number of para-hydroxylation sites is 1. The summed E-state index contributed by atoms with van der Waals surface area (Å²) < 4.78 is 33.0. The largest absolute Gasteiger partial charge is 0.495 e. The molecule has 30 heavy (non-hydrogen) atoms. The zero-order valence-corrected chi connectivity index (χ0v) is 18.4. The Bertz CT molecular complexity index is 984. The van der Waals surface area contributed by atoms with Crippen LogP contribution in [-0.2, 0) is 10.0 Å². The number of hydrogen-bond donors (Lipinski definition) is 0. The van der Waals surface area contributed by atoms with Crippen LogP contribution >= 0.6 is 0 Å². The van der Waals surface area contributed by atoms with E-state index in [1.54, 1.807) is 24.3 Å². The van der Waals surface area contributed by atoms with Gasteiger partial charge in [-0.1, -0.05) is 12.1 Å². The minimum atomic E-state index is -3.61. The maximum Gasteiger partial charge on any atom is 0.246 e. The molecule has 0 atom stereocenters. The molecule has 2 fully saturated rings. The van der Waals surface area contributed by atoms with Gasteiger partial charge in [-0.05, 0) is 38.3 Å². The Labute approximate surface area is 178 Å². The van der Waals surface area contributed by atoms with Crippen molar-refractivity contribution in [3.05, 3.63) is 36.0 Å². The van der Waals surface area contributed by atoms with E-state index in [0.29, 0.717) is 37.9 Å². The number of piperidine rings is 1. The normalized spacial score (nSPS) is 18.5. The van der Waals surface area contributed by atoms with Crippen molar-refractivity contribution in [1.29, 1.82) is 0 Å². The highest BCUT2D eigenvalue weighted by molar-refractivity contribution is 7.89. The Morgan fingerprint density at radius 3 is 2.30 bits per heavy atom. The summed E-state index contributed by atoms with van der Waals surface area (Å²) in [5.74, 6) is 2.03. The Hall–Kier alpha value is -2.39. The van der Waals surface area contributed by atoms with Crippen molar-refractivity contribution in [2.24, 2.45) is 0 Å². The Kier molecular flexibility index (Phi) is 6.10. The highest BCUT2D eigenvalue weighted by atomic mass is 32.2. The second kappa shape index (κ2) is 8.77. The number of anilines is 2. The van der Waals surface area contributed by atoms with Gasteiger partial charge >= 0.3 is 0 Å². The smallest absolute Gasteiger partial charge is 0.246 e. The van der Waals surface area contributed by atoms with Crippen LogP contribution in [0, 0.1) is 6.92 Å². The molecular weight excluding hydrogens is 402 g/mol. The van der Waals surface area contributed by atoms with Gasteiger partial charge < -0.3 is 14.5 Å². The Morgan fingerprint density at radius 1 is 0.900 bits per heavy atom. The number of ether oxygens (including phenoxy) is 1. The summed E-state index contributed by atoms with van der Waals surface area (Å²) in [6.45, 7) is 5.92. The molecule has 2 saturated heterocycles. The maximum absolute atomic E-state index is 13.1. The standard InChI is InChI=1S/C21H29N5O3S/c1-17-16-20(24-10-6-3-7-11-24)23-21(22-17)25-12-14-26(15-13-25)30(27,28)19-9-5-4-8-18(19)29-2/h4-5,8-9,16H,3,6-7,10-15H2,1-2H3. The van der Waals surface area contributed by atoms with Gasteiger partial charge in [0, 0.05) is 51.0 Å². The molecule has 0 aliphatic carbocycles. The molecule has 8 nitrogen and oxygen atoms in total. The van der Waals surface area contributed by atoms with Gasteiger partial charge in [0.1, 0.15) is 16.5 Å². The zero-order valence-electron chi connectivity index (χ0n) is 17.6. The molecule has 9 heteroatoms. The number of rotatable bonds is 5. The highest BCUT2D eigenvalue weighted by Gasteiger charge is 2.31. The van der Waals surface area contributed by atoms with Crippen LogP contribution in [0.1, 0.15) is 25.0 Å². The average Bonchev–Trinajstić information content (AvgIpc) is 2.79. The molecule has 3 heterocycles. The van der Waals surface area contributed by atoms with Gasteiger partial charge in [-0.15, -0.1) is 0 Å². The van der Waals surface area contributed by atoms with Crippen LogP contribution in [0.2, 0.25) is 0 Å². The summed E-state index contributed by atoms with van der Waals surface area (Å²) in [6, 6.07) is 8.79. The molecule has 1 aromatic carbocycles. The van der Waals surface area contributed by atoms with Crippen LogP contribution in [0.5, 0.6) is 5.75 Å². The molecule has 162 valence electrons. The van der Waals surface area contributed by atoms with Crippen LogP contribution in [0.3, 0.4) is 0 Å². The van der Waals surface area contributed by atoms with E-state index in [9.17, 15) is 8.42 Å². The molecule has 0 N–H and O–H groups in total. The van der Waals surface area contributed by atoms with Crippen LogP contribution in [-0.4, -0.2) is 69.1 Å². The topological polar surface area (TPSA) is 78.9 Å². The molecule has 0 saturated carbocycles. The number of piperazine rings is 1. The molecule has 0 amide bonds. The molecule has 0 unspecified atom stereocenters. The quantitative estimate of drug-likeness (QED) is 0.719. The third-order valence-corrected chi connectivity index (χ3v) is 7.66. The first-order valence-electron chi connectivity index (χ1n) is 10.5. The van der Waals surface area contributed by atoms with E-state index in [4.69, 9.17) is 9.72 Å². The van der Waals surface area contributed by atoms with E-state index in [0.717, 1.165) is 24.6 Å². The summed E-state index contributed by atoms with van der Waals surface area (Å²) in [5.41, 5.74) is 0.935. The van der Waals surface area contributed by atoms with Crippen LogP contribution in [0.25, 0.3) is 0 Å². The van der Waals surface area contributed by atoms with E-state index >= 15 is 0 Å². The molecular formula is C21H29N5O3S. The van der Waals surface area contributed by atoms with E-state index in [1.165, 1.54) is 30.7 Å². The van der Waals surface area contributed by atoms with Crippen molar-refractivity contribution < 1.29 is 13.2 Å². The number of aromatic nitrogens is 2. The van der Waals surface area contributed by atoms with E-state index < -0.39 is 10.0 Å². The first-order chi connectivity index (χ1) is 14.5. The predicted octanol–water partition coefficient (Wildman–Crippen LogP) is 2.29. The fourth-order valence-electron chi connectivity index (χ4n) is 4.06. The van der Waals surface area contributed by atoms with Crippen molar-refractivity contribution in [2.45, 2.75) is 31.1 Å². The molecule has 1 aromatic heterocycles. The predicted molar refractivity (Wildman–Crippen MR) is 117 cm³/mol. The minimum absolute atomic E-state index is 0.208. The number of aryl methyl sites for hydroxylation is 1. The highest BCUT2D eigenvalue weighted by Crippen LogP contribution is 2.28. The molecule has 2 aliphatic heterocycles. The summed E-state index contributed by atoms with van der Waals surface area (Å²) in [6.07, 6.45) is 3.66.